The van der Waals surface area contributed by atoms with Gasteiger partial charge in [-0.25, -0.2) is 12.8 Å². The maximum absolute atomic E-state index is 13.6. The topological polar surface area (TPSA) is 57.6 Å². The third-order valence-electron chi connectivity index (χ3n) is 2.44. The van der Waals surface area contributed by atoms with Gasteiger partial charge in [0.05, 0.1) is 6.61 Å². The largest absolute Gasteiger partial charge is 0.395 e. The molecule has 0 aliphatic heterocycles. The van der Waals surface area contributed by atoms with Crippen LogP contribution in [0.1, 0.15) is 6.92 Å². The number of hydrogen-bond donors (Lipinski definition) is 1. The first-order valence-electron chi connectivity index (χ1n) is 4.84. The van der Waals surface area contributed by atoms with Gasteiger partial charge in [-0.2, -0.15) is 4.31 Å². The number of benzene rings is 1. The smallest absolute Gasteiger partial charge is 0.246 e. The van der Waals surface area contributed by atoms with Gasteiger partial charge in [-0.05, 0) is 25.1 Å². The van der Waals surface area contributed by atoms with Gasteiger partial charge in [-0.1, -0.05) is 15.9 Å². The van der Waals surface area contributed by atoms with Gasteiger partial charge >= 0.3 is 0 Å². The summed E-state index contributed by atoms with van der Waals surface area (Å²) in [5.41, 5.74) is 0. The highest BCUT2D eigenvalue weighted by atomic mass is 79.9. The molecular weight excluding hydrogens is 313 g/mol. The van der Waals surface area contributed by atoms with Crippen LogP contribution in [0.3, 0.4) is 0 Å². The lowest BCUT2D eigenvalue weighted by atomic mass is 10.3. The van der Waals surface area contributed by atoms with Crippen LogP contribution in [0.2, 0.25) is 0 Å². The molecule has 1 aromatic rings. The number of aliphatic hydroxyl groups is 1. The lowest BCUT2D eigenvalue weighted by molar-refractivity contribution is 0.213. The number of aliphatic hydroxyl groups excluding tert-OH is 1. The Hall–Kier alpha value is -0.500. The van der Waals surface area contributed by atoms with Crippen LogP contribution in [-0.2, 0) is 10.0 Å². The molecule has 1 N–H and O–H groups in total. The van der Waals surface area contributed by atoms with Crippen molar-refractivity contribution in [2.75, 3.05) is 13.7 Å². The van der Waals surface area contributed by atoms with Crippen LogP contribution in [0.25, 0.3) is 0 Å². The van der Waals surface area contributed by atoms with Crippen molar-refractivity contribution in [1.82, 2.24) is 4.31 Å². The van der Waals surface area contributed by atoms with E-state index >= 15 is 0 Å². The molecule has 17 heavy (non-hydrogen) atoms. The summed E-state index contributed by atoms with van der Waals surface area (Å²) >= 11 is 3.05. The number of sulfonamides is 1. The predicted octanol–water partition coefficient (Wildman–Crippen LogP) is 1.59. The van der Waals surface area contributed by atoms with Crippen molar-refractivity contribution in [1.29, 1.82) is 0 Å². The summed E-state index contributed by atoms with van der Waals surface area (Å²) in [6.07, 6.45) is 0. The summed E-state index contributed by atoms with van der Waals surface area (Å²) in [5, 5.41) is 8.92. The number of nitrogens with zero attached hydrogens (tertiary/aromatic N) is 1. The van der Waals surface area contributed by atoms with Crippen molar-refractivity contribution >= 4 is 26.0 Å². The first-order valence-corrected chi connectivity index (χ1v) is 7.08. The SMILES string of the molecule is C[C@H](CO)N(C)S(=O)(=O)c1ccc(Br)cc1F. The van der Waals surface area contributed by atoms with E-state index in [-0.39, 0.29) is 6.61 Å². The normalized spacial score (nSPS) is 14.0. The van der Waals surface area contributed by atoms with E-state index in [2.05, 4.69) is 15.9 Å². The Bertz CT molecular complexity index is 506. The molecule has 0 spiro atoms. The van der Waals surface area contributed by atoms with Crippen LogP contribution in [0.4, 0.5) is 4.39 Å². The molecule has 0 unspecified atom stereocenters. The molecule has 0 saturated heterocycles. The van der Waals surface area contributed by atoms with Gasteiger partial charge < -0.3 is 5.11 Å². The molecule has 0 radical (unpaired) electrons. The summed E-state index contributed by atoms with van der Waals surface area (Å²) in [6, 6.07) is 3.12. The van der Waals surface area contributed by atoms with Gasteiger partial charge in [0, 0.05) is 17.6 Å². The van der Waals surface area contributed by atoms with E-state index in [1.54, 1.807) is 0 Å². The lowest BCUT2D eigenvalue weighted by Gasteiger charge is -2.22. The van der Waals surface area contributed by atoms with E-state index in [1.165, 1.54) is 26.1 Å². The van der Waals surface area contributed by atoms with Crippen LogP contribution in [0, 0.1) is 5.82 Å². The first-order chi connectivity index (χ1) is 7.80. The molecule has 1 rings (SSSR count). The molecule has 0 aromatic heterocycles. The zero-order valence-electron chi connectivity index (χ0n) is 9.39. The highest BCUT2D eigenvalue weighted by molar-refractivity contribution is 9.10. The number of hydrogen-bond acceptors (Lipinski definition) is 3. The number of likely N-dealkylation sites (N-methyl/N-ethyl adjacent to an activating group) is 1. The van der Waals surface area contributed by atoms with Crippen LogP contribution in [-0.4, -0.2) is 37.5 Å². The quantitative estimate of drug-likeness (QED) is 0.914. The lowest BCUT2D eigenvalue weighted by Crippen LogP contribution is -2.37. The molecule has 0 saturated carbocycles. The van der Waals surface area contributed by atoms with Crippen molar-refractivity contribution < 1.29 is 17.9 Å². The monoisotopic (exact) mass is 325 g/mol. The van der Waals surface area contributed by atoms with Gasteiger partial charge in [-0.15, -0.1) is 0 Å². The van der Waals surface area contributed by atoms with Crippen molar-refractivity contribution in [3.05, 3.63) is 28.5 Å². The molecule has 1 atom stereocenters. The average molecular weight is 326 g/mol. The third kappa shape index (κ3) is 3.04. The fourth-order valence-corrected chi connectivity index (χ4v) is 2.92. The minimum absolute atomic E-state index is 0.326. The van der Waals surface area contributed by atoms with Crippen LogP contribution in [0.5, 0.6) is 0 Å². The molecule has 0 aliphatic carbocycles. The zero-order valence-corrected chi connectivity index (χ0v) is 11.8. The standard InChI is InChI=1S/C10H13BrFNO3S/c1-7(6-14)13(2)17(15,16)10-4-3-8(11)5-9(10)12/h3-5,7,14H,6H2,1-2H3/t7-/m1/s1. The number of halogens is 2. The van der Waals surface area contributed by atoms with E-state index in [0.29, 0.717) is 4.47 Å². The van der Waals surface area contributed by atoms with Crippen molar-refractivity contribution in [2.45, 2.75) is 17.9 Å². The van der Waals surface area contributed by atoms with Gasteiger partial charge in [-0.3, -0.25) is 0 Å². The summed E-state index contributed by atoms with van der Waals surface area (Å²) in [5.74, 6) is -0.823. The Morgan fingerprint density at radius 2 is 2.12 bits per heavy atom. The second kappa shape index (κ2) is 5.43. The molecule has 4 nitrogen and oxygen atoms in total. The molecule has 0 aliphatic rings. The second-order valence-corrected chi connectivity index (χ2v) is 6.51. The van der Waals surface area contributed by atoms with Crippen LogP contribution < -0.4 is 0 Å². The Morgan fingerprint density at radius 1 is 1.53 bits per heavy atom. The molecule has 0 bridgehead atoms. The molecular formula is C10H13BrFNO3S. The molecule has 0 amide bonds. The van der Waals surface area contributed by atoms with Gasteiger partial charge in [0.25, 0.3) is 0 Å². The van der Waals surface area contributed by atoms with Crippen molar-refractivity contribution in [3.63, 3.8) is 0 Å². The van der Waals surface area contributed by atoms with E-state index < -0.39 is 26.8 Å². The zero-order chi connectivity index (χ0) is 13.2. The van der Waals surface area contributed by atoms with Gasteiger partial charge in [0.1, 0.15) is 10.7 Å². The minimum Gasteiger partial charge on any atom is -0.395 e. The van der Waals surface area contributed by atoms with E-state index in [4.69, 9.17) is 5.11 Å². The van der Waals surface area contributed by atoms with E-state index in [0.717, 1.165) is 10.4 Å². The fraction of sp³-hybridized carbons (Fsp3) is 0.400. The summed E-state index contributed by atoms with van der Waals surface area (Å²) < 4.78 is 39.0. The number of rotatable bonds is 4. The van der Waals surface area contributed by atoms with Gasteiger partial charge in [0.15, 0.2) is 0 Å². The van der Waals surface area contributed by atoms with Crippen molar-refractivity contribution in [3.8, 4) is 0 Å². The molecule has 1 aromatic carbocycles. The third-order valence-corrected chi connectivity index (χ3v) is 4.93. The molecule has 0 heterocycles. The van der Waals surface area contributed by atoms with Crippen molar-refractivity contribution in [2.24, 2.45) is 0 Å². The van der Waals surface area contributed by atoms with E-state index in [1.807, 2.05) is 0 Å². The Balaban J connectivity index is 3.22. The maximum Gasteiger partial charge on any atom is 0.246 e. The maximum atomic E-state index is 13.6. The van der Waals surface area contributed by atoms with Crippen LogP contribution in [0.15, 0.2) is 27.6 Å². The Labute approximate surface area is 108 Å². The average Bonchev–Trinajstić information content (AvgIpc) is 2.26. The summed E-state index contributed by atoms with van der Waals surface area (Å²) in [6.45, 7) is 1.21. The highest BCUT2D eigenvalue weighted by Crippen LogP contribution is 2.22. The predicted molar refractivity (Wildman–Crippen MR) is 65.6 cm³/mol. The summed E-state index contributed by atoms with van der Waals surface area (Å²) in [7, 11) is -2.62. The van der Waals surface area contributed by atoms with E-state index in [9.17, 15) is 12.8 Å². The first kappa shape index (κ1) is 14.6. The van der Waals surface area contributed by atoms with Gasteiger partial charge in [0.2, 0.25) is 10.0 Å². The Kier molecular flexibility index (Phi) is 4.65. The Morgan fingerprint density at radius 3 is 2.59 bits per heavy atom. The fourth-order valence-electron chi connectivity index (χ4n) is 1.19. The molecule has 0 fully saturated rings. The minimum atomic E-state index is -3.92. The molecule has 7 heteroatoms. The second-order valence-electron chi connectivity index (χ2n) is 3.63. The highest BCUT2D eigenvalue weighted by Gasteiger charge is 2.27. The molecule has 96 valence electrons. The van der Waals surface area contributed by atoms with Crippen LogP contribution >= 0.6 is 15.9 Å². The summed E-state index contributed by atoms with van der Waals surface area (Å²) in [4.78, 5) is -0.400.